The van der Waals surface area contributed by atoms with Crippen LogP contribution in [-0.2, 0) is 7.05 Å². The topological polar surface area (TPSA) is 116 Å². The van der Waals surface area contributed by atoms with Gasteiger partial charge in [-0.1, -0.05) is 18.7 Å². The highest BCUT2D eigenvalue weighted by Crippen LogP contribution is 2.26. The summed E-state index contributed by atoms with van der Waals surface area (Å²) in [6.07, 6.45) is 8.21. The molecule has 35 heavy (non-hydrogen) atoms. The predicted octanol–water partition coefficient (Wildman–Crippen LogP) is 3.44. The number of carbonyl (C=O) groups is 2. The Kier molecular flexibility index (Phi) is 5.54. The standard InChI is InChI=1S/C25H20N6O4/c1-15(31-24(32)19-6-4-5-7-20(19)25(31)33)8-9-17(26-2)14-34-18-10-21-23(27-12-18)35-22(29-21)16-11-28-30(3)13-16/h4-13H,1,14H2,2-3H3/b9-8-,26-17+. The molecule has 0 bridgehead atoms. The number of aliphatic imine (C=N–C) groups is 1. The third-order valence-electron chi connectivity index (χ3n) is 5.40. The van der Waals surface area contributed by atoms with Crippen molar-refractivity contribution in [2.24, 2.45) is 12.0 Å². The summed E-state index contributed by atoms with van der Waals surface area (Å²) in [4.78, 5) is 39.2. The number of oxazole rings is 1. The summed E-state index contributed by atoms with van der Waals surface area (Å²) >= 11 is 0. The van der Waals surface area contributed by atoms with E-state index in [0.29, 0.717) is 39.7 Å². The van der Waals surface area contributed by atoms with Crippen molar-refractivity contribution >= 4 is 28.8 Å². The molecule has 0 atom stereocenters. The van der Waals surface area contributed by atoms with Gasteiger partial charge in [0.25, 0.3) is 11.8 Å². The number of aryl methyl sites for hydroxylation is 1. The molecule has 0 saturated heterocycles. The fourth-order valence-electron chi connectivity index (χ4n) is 3.60. The third kappa shape index (κ3) is 4.12. The quantitative estimate of drug-likeness (QED) is 0.232. The van der Waals surface area contributed by atoms with E-state index >= 15 is 0 Å². The fraction of sp³-hybridized carbons (Fsp3) is 0.120. The van der Waals surface area contributed by atoms with E-state index in [0.717, 1.165) is 10.5 Å². The molecule has 10 nitrogen and oxygen atoms in total. The van der Waals surface area contributed by atoms with Crippen LogP contribution >= 0.6 is 0 Å². The minimum Gasteiger partial charge on any atom is -0.486 e. The van der Waals surface area contributed by atoms with Gasteiger partial charge in [-0.2, -0.15) is 5.10 Å². The molecule has 0 spiro atoms. The first-order chi connectivity index (χ1) is 16.9. The van der Waals surface area contributed by atoms with Crippen molar-refractivity contribution in [1.82, 2.24) is 24.6 Å². The number of benzene rings is 1. The van der Waals surface area contributed by atoms with Crippen LogP contribution in [0, 0.1) is 0 Å². The van der Waals surface area contributed by atoms with Gasteiger partial charge in [0.15, 0.2) is 0 Å². The number of amides is 2. The molecule has 174 valence electrons. The molecule has 5 rings (SSSR count). The lowest BCUT2D eigenvalue weighted by atomic mass is 10.1. The Labute approximate surface area is 199 Å². The summed E-state index contributed by atoms with van der Waals surface area (Å²) in [5.41, 5.74) is 3.22. The first-order valence-corrected chi connectivity index (χ1v) is 10.6. The summed E-state index contributed by atoms with van der Waals surface area (Å²) in [5.74, 6) is 0.105. The van der Waals surface area contributed by atoms with Gasteiger partial charge >= 0.3 is 0 Å². The Balaban J connectivity index is 1.25. The molecule has 0 saturated carbocycles. The van der Waals surface area contributed by atoms with E-state index in [2.05, 4.69) is 26.6 Å². The summed E-state index contributed by atoms with van der Waals surface area (Å²) in [6.45, 7) is 4.00. The average molecular weight is 468 g/mol. The van der Waals surface area contributed by atoms with Crippen molar-refractivity contribution in [2.45, 2.75) is 0 Å². The zero-order valence-electron chi connectivity index (χ0n) is 19.0. The maximum absolute atomic E-state index is 12.6. The van der Waals surface area contributed by atoms with Gasteiger partial charge in [-0.3, -0.25) is 19.3 Å². The van der Waals surface area contributed by atoms with E-state index in [1.807, 2.05) is 7.05 Å². The molecule has 10 heteroatoms. The number of carbonyl (C=O) groups excluding carboxylic acids is 2. The number of fused-ring (bicyclic) bond motifs is 2. The Bertz CT molecular complexity index is 1510. The second-order valence-corrected chi connectivity index (χ2v) is 7.74. The molecule has 4 heterocycles. The van der Waals surface area contributed by atoms with Gasteiger partial charge in [0.1, 0.15) is 17.9 Å². The molecule has 0 unspecified atom stereocenters. The Morgan fingerprint density at radius 1 is 1.17 bits per heavy atom. The number of nitrogens with zero attached hydrogens (tertiary/aromatic N) is 6. The minimum atomic E-state index is -0.399. The third-order valence-corrected chi connectivity index (χ3v) is 5.40. The van der Waals surface area contributed by atoms with E-state index < -0.39 is 11.8 Å². The molecule has 0 N–H and O–H groups in total. The zero-order valence-corrected chi connectivity index (χ0v) is 19.0. The summed E-state index contributed by atoms with van der Waals surface area (Å²) in [6, 6.07) is 8.41. The van der Waals surface area contributed by atoms with Gasteiger partial charge in [0.05, 0.1) is 34.8 Å². The van der Waals surface area contributed by atoms with Crippen LogP contribution in [0.15, 0.2) is 82.8 Å². The molecule has 0 aliphatic carbocycles. The normalized spacial score (nSPS) is 13.8. The number of ether oxygens (including phenoxy) is 1. The SMILES string of the molecule is C=C(/C=C\C(COc1cnc2oc(-c3cnn(C)c3)nc2c1)=N/C)N1C(=O)c2ccccc2C1=O. The van der Waals surface area contributed by atoms with Crippen molar-refractivity contribution in [3.63, 3.8) is 0 Å². The number of hydrogen-bond donors (Lipinski definition) is 0. The van der Waals surface area contributed by atoms with Gasteiger partial charge in [0, 0.05) is 32.1 Å². The van der Waals surface area contributed by atoms with E-state index in [-0.39, 0.29) is 12.3 Å². The Morgan fingerprint density at radius 3 is 2.57 bits per heavy atom. The smallest absolute Gasteiger partial charge is 0.266 e. The molecule has 1 aliphatic heterocycles. The van der Waals surface area contributed by atoms with Crippen LogP contribution in [0.5, 0.6) is 5.75 Å². The predicted molar refractivity (Wildman–Crippen MR) is 128 cm³/mol. The number of imide groups is 1. The molecule has 1 aliphatic rings. The molecular weight excluding hydrogens is 448 g/mol. The lowest BCUT2D eigenvalue weighted by Crippen LogP contribution is -2.27. The van der Waals surface area contributed by atoms with Gasteiger partial charge in [-0.15, -0.1) is 0 Å². The Hall–Kier alpha value is -4.86. The summed E-state index contributed by atoms with van der Waals surface area (Å²) < 4.78 is 13.2. The van der Waals surface area contributed by atoms with E-state index in [9.17, 15) is 9.59 Å². The average Bonchev–Trinajstić information content (AvgIpc) is 3.55. The van der Waals surface area contributed by atoms with Crippen molar-refractivity contribution < 1.29 is 18.7 Å². The van der Waals surface area contributed by atoms with E-state index in [1.165, 1.54) is 6.20 Å². The van der Waals surface area contributed by atoms with Crippen LogP contribution in [0.25, 0.3) is 22.7 Å². The zero-order chi connectivity index (χ0) is 24.5. The van der Waals surface area contributed by atoms with Crippen LogP contribution in [0.2, 0.25) is 0 Å². The highest BCUT2D eigenvalue weighted by Gasteiger charge is 2.36. The van der Waals surface area contributed by atoms with Crippen molar-refractivity contribution in [1.29, 1.82) is 0 Å². The number of rotatable bonds is 7. The second-order valence-electron chi connectivity index (χ2n) is 7.74. The molecule has 4 aromatic rings. The van der Waals surface area contributed by atoms with Gasteiger partial charge in [-0.25, -0.2) is 14.9 Å². The first-order valence-electron chi connectivity index (χ1n) is 10.6. The summed E-state index contributed by atoms with van der Waals surface area (Å²) in [5, 5.41) is 4.12. The van der Waals surface area contributed by atoms with E-state index in [4.69, 9.17) is 9.15 Å². The van der Waals surface area contributed by atoms with E-state index in [1.54, 1.807) is 66.6 Å². The molecule has 2 amide bonds. The number of aromatic nitrogens is 4. The number of hydrogen-bond acceptors (Lipinski definition) is 8. The highest BCUT2D eigenvalue weighted by atomic mass is 16.5. The highest BCUT2D eigenvalue weighted by molar-refractivity contribution is 6.22. The van der Waals surface area contributed by atoms with Gasteiger partial charge in [-0.05, 0) is 24.3 Å². The lowest BCUT2D eigenvalue weighted by molar-refractivity contribution is 0.0710. The Morgan fingerprint density at radius 2 is 1.91 bits per heavy atom. The fourth-order valence-corrected chi connectivity index (χ4v) is 3.60. The largest absolute Gasteiger partial charge is 0.486 e. The van der Waals surface area contributed by atoms with Crippen LogP contribution < -0.4 is 4.74 Å². The van der Waals surface area contributed by atoms with Crippen molar-refractivity contribution in [3.05, 3.63) is 84.5 Å². The molecule has 1 aromatic carbocycles. The van der Waals surface area contributed by atoms with Crippen LogP contribution in [0.1, 0.15) is 20.7 Å². The number of pyridine rings is 1. The second kappa shape index (κ2) is 8.82. The molecule has 3 aromatic heterocycles. The summed E-state index contributed by atoms with van der Waals surface area (Å²) in [7, 11) is 3.43. The maximum atomic E-state index is 12.6. The minimum absolute atomic E-state index is 0.128. The van der Waals surface area contributed by atoms with Crippen LogP contribution in [0.3, 0.4) is 0 Å². The van der Waals surface area contributed by atoms with Crippen molar-refractivity contribution in [2.75, 3.05) is 13.7 Å². The lowest BCUT2D eigenvalue weighted by Gasteiger charge is -2.13. The van der Waals surface area contributed by atoms with Crippen LogP contribution in [-0.4, -0.2) is 55.8 Å². The molecule has 0 fully saturated rings. The van der Waals surface area contributed by atoms with Gasteiger partial charge < -0.3 is 9.15 Å². The first kappa shape index (κ1) is 22.0. The molecular formula is C25H20N6O4. The van der Waals surface area contributed by atoms with Crippen molar-refractivity contribution in [3.8, 4) is 17.2 Å². The molecule has 0 radical (unpaired) electrons. The monoisotopic (exact) mass is 468 g/mol. The van der Waals surface area contributed by atoms with Gasteiger partial charge in [0.2, 0.25) is 11.6 Å². The maximum Gasteiger partial charge on any atom is 0.266 e. The van der Waals surface area contributed by atoms with Crippen LogP contribution in [0.4, 0.5) is 0 Å². The number of allylic oxidation sites excluding steroid dienone is 1.